The minimum atomic E-state index is -0.711. The van der Waals surface area contributed by atoms with Crippen molar-refractivity contribution in [1.29, 1.82) is 0 Å². The number of nitrogens with one attached hydrogen (secondary N) is 1. The van der Waals surface area contributed by atoms with E-state index >= 15 is 0 Å². The predicted molar refractivity (Wildman–Crippen MR) is 88.8 cm³/mol. The summed E-state index contributed by atoms with van der Waals surface area (Å²) in [6.45, 7) is 0. The molecule has 0 saturated heterocycles. The summed E-state index contributed by atoms with van der Waals surface area (Å²) in [5, 5.41) is 2.99. The zero-order chi connectivity index (χ0) is 16.6. The maximum atomic E-state index is 13.9. The number of halogens is 2. The molecule has 0 aliphatic heterocycles. The molecule has 1 aliphatic carbocycles. The van der Waals surface area contributed by atoms with Crippen LogP contribution in [0.2, 0.25) is 5.02 Å². The monoisotopic (exact) mass is 352 g/mol. The highest BCUT2D eigenvalue weighted by molar-refractivity contribution is 7.17. The van der Waals surface area contributed by atoms with Crippen LogP contribution in [-0.4, -0.2) is 11.8 Å². The number of aryl methyl sites for hydroxylation is 1. The number of hydrogen-bond donors (Lipinski definition) is 2. The van der Waals surface area contributed by atoms with E-state index in [0.29, 0.717) is 10.6 Å². The Morgan fingerprint density at radius 2 is 1.96 bits per heavy atom. The summed E-state index contributed by atoms with van der Waals surface area (Å²) in [7, 11) is 0. The summed E-state index contributed by atoms with van der Waals surface area (Å²) in [5.74, 6) is -1.98. The molecule has 0 unspecified atom stereocenters. The molecule has 1 heterocycles. The first-order valence-electron chi connectivity index (χ1n) is 7.18. The molecule has 120 valence electrons. The van der Waals surface area contributed by atoms with Crippen LogP contribution in [0.5, 0.6) is 0 Å². The summed E-state index contributed by atoms with van der Waals surface area (Å²) in [4.78, 5) is 25.2. The smallest absolute Gasteiger partial charge is 0.260 e. The van der Waals surface area contributed by atoms with Crippen molar-refractivity contribution in [3.05, 3.63) is 50.6 Å². The number of benzene rings is 1. The molecule has 0 radical (unpaired) electrons. The molecule has 0 bridgehead atoms. The van der Waals surface area contributed by atoms with Gasteiger partial charge in [-0.25, -0.2) is 4.39 Å². The zero-order valence-electron chi connectivity index (χ0n) is 12.1. The molecule has 0 atom stereocenters. The first-order valence-corrected chi connectivity index (χ1v) is 8.38. The fourth-order valence-electron chi connectivity index (χ4n) is 2.79. The second-order valence-corrected chi connectivity index (χ2v) is 6.84. The molecule has 3 N–H and O–H groups in total. The van der Waals surface area contributed by atoms with Gasteiger partial charge in [-0.3, -0.25) is 9.59 Å². The van der Waals surface area contributed by atoms with Gasteiger partial charge in [-0.1, -0.05) is 17.7 Å². The number of nitrogens with two attached hydrogens (primary N) is 1. The van der Waals surface area contributed by atoms with Crippen molar-refractivity contribution in [2.45, 2.75) is 25.7 Å². The van der Waals surface area contributed by atoms with Crippen molar-refractivity contribution in [1.82, 2.24) is 0 Å². The summed E-state index contributed by atoms with van der Waals surface area (Å²) in [5.41, 5.74) is 6.48. The van der Waals surface area contributed by atoms with Crippen molar-refractivity contribution in [3.63, 3.8) is 0 Å². The van der Waals surface area contributed by atoms with Gasteiger partial charge in [0.2, 0.25) is 0 Å². The van der Waals surface area contributed by atoms with Gasteiger partial charge in [-0.2, -0.15) is 0 Å². The van der Waals surface area contributed by atoms with E-state index in [9.17, 15) is 14.0 Å². The molecule has 4 nitrogen and oxygen atoms in total. The maximum absolute atomic E-state index is 13.9. The molecule has 0 saturated carbocycles. The number of rotatable bonds is 3. The Bertz CT molecular complexity index is 783. The van der Waals surface area contributed by atoms with Crippen LogP contribution in [0, 0.1) is 5.82 Å². The van der Waals surface area contributed by atoms with E-state index in [1.165, 1.54) is 23.5 Å². The molecular formula is C16H14ClFN2O2S. The first kappa shape index (κ1) is 16.0. The average Bonchev–Trinajstić information content (AvgIpc) is 2.84. The van der Waals surface area contributed by atoms with Gasteiger partial charge in [0.05, 0.1) is 16.1 Å². The van der Waals surface area contributed by atoms with Crippen molar-refractivity contribution < 1.29 is 14.0 Å². The van der Waals surface area contributed by atoms with E-state index in [4.69, 9.17) is 17.3 Å². The van der Waals surface area contributed by atoms with Gasteiger partial charge < -0.3 is 11.1 Å². The SMILES string of the molecule is NC(=O)c1c(NC(=O)c2c(F)cccc2Cl)sc2c1CCCC2. The Morgan fingerprint density at radius 1 is 1.22 bits per heavy atom. The lowest BCUT2D eigenvalue weighted by molar-refractivity contribution is 0.100. The van der Waals surface area contributed by atoms with E-state index in [0.717, 1.165) is 42.2 Å². The van der Waals surface area contributed by atoms with Gasteiger partial charge in [0.1, 0.15) is 10.8 Å². The lowest BCUT2D eigenvalue weighted by Crippen LogP contribution is -2.19. The van der Waals surface area contributed by atoms with Gasteiger partial charge in [-0.05, 0) is 43.4 Å². The van der Waals surface area contributed by atoms with E-state index in [1.54, 1.807) is 0 Å². The van der Waals surface area contributed by atoms with E-state index in [-0.39, 0.29) is 10.6 Å². The Morgan fingerprint density at radius 3 is 2.65 bits per heavy atom. The Balaban J connectivity index is 1.98. The summed E-state index contributed by atoms with van der Waals surface area (Å²) < 4.78 is 13.9. The number of primary amides is 1. The van der Waals surface area contributed by atoms with Gasteiger partial charge in [0.15, 0.2) is 0 Å². The fourth-order valence-corrected chi connectivity index (χ4v) is 4.33. The first-order chi connectivity index (χ1) is 11.0. The third-order valence-electron chi connectivity index (χ3n) is 3.83. The number of thiophene rings is 1. The minimum absolute atomic E-state index is 0.0180. The normalized spacial score (nSPS) is 13.5. The van der Waals surface area contributed by atoms with Crippen LogP contribution < -0.4 is 11.1 Å². The number of carbonyl (C=O) groups is 2. The molecule has 2 amide bonds. The van der Waals surface area contributed by atoms with E-state index in [1.807, 2.05) is 0 Å². The van der Waals surface area contributed by atoms with Gasteiger partial charge >= 0.3 is 0 Å². The Labute approximate surface area is 141 Å². The third-order valence-corrected chi connectivity index (χ3v) is 5.36. The van der Waals surface area contributed by atoms with Crippen LogP contribution in [0.4, 0.5) is 9.39 Å². The van der Waals surface area contributed by atoms with Gasteiger partial charge in [0, 0.05) is 4.88 Å². The standard InChI is InChI=1S/C16H14ClFN2O2S/c17-9-5-3-6-10(18)13(9)15(22)20-16-12(14(19)21)8-4-1-2-7-11(8)23-16/h3,5-6H,1-2,4,7H2,(H2,19,21)(H,20,22). The molecule has 1 aliphatic rings. The van der Waals surface area contributed by atoms with Crippen LogP contribution in [0.25, 0.3) is 0 Å². The highest BCUT2D eigenvalue weighted by Crippen LogP contribution is 2.38. The van der Waals surface area contributed by atoms with Gasteiger partial charge in [0.25, 0.3) is 11.8 Å². The lowest BCUT2D eigenvalue weighted by Gasteiger charge is -2.11. The Hall–Kier alpha value is -1.92. The average molecular weight is 353 g/mol. The molecule has 1 aromatic carbocycles. The van der Waals surface area contributed by atoms with Crippen LogP contribution in [-0.2, 0) is 12.8 Å². The van der Waals surface area contributed by atoms with Crippen molar-refractivity contribution in [2.75, 3.05) is 5.32 Å². The van der Waals surface area contributed by atoms with Crippen molar-refractivity contribution in [3.8, 4) is 0 Å². The van der Waals surface area contributed by atoms with Gasteiger partial charge in [-0.15, -0.1) is 11.3 Å². The Kier molecular flexibility index (Phi) is 4.37. The van der Waals surface area contributed by atoms with E-state index < -0.39 is 17.6 Å². The van der Waals surface area contributed by atoms with E-state index in [2.05, 4.69) is 5.32 Å². The molecule has 2 aromatic rings. The highest BCUT2D eigenvalue weighted by Gasteiger charge is 2.26. The molecular weight excluding hydrogens is 339 g/mol. The van der Waals surface area contributed by atoms with Crippen LogP contribution in [0.1, 0.15) is 44.0 Å². The summed E-state index contributed by atoms with van der Waals surface area (Å²) in [6, 6.07) is 4.02. The van der Waals surface area contributed by atoms with Crippen molar-refractivity contribution >= 4 is 39.8 Å². The number of amides is 2. The molecule has 1 aromatic heterocycles. The fraction of sp³-hybridized carbons (Fsp3) is 0.250. The zero-order valence-corrected chi connectivity index (χ0v) is 13.7. The molecule has 3 rings (SSSR count). The van der Waals surface area contributed by atoms with Crippen LogP contribution in [0.15, 0.2) is 18.2 Å². The predicted octanol–water partition coefficient (Wildman–Crippen LogP) is 3.77. The quantitative estimate of drug-likeness (QED) is 0.882. The van der Waals surface area contributed by atoms with Crippen LogP contribution >= 0.6 is 22.9 Å². The van der Waals surface area contributed by atoms with Crippen LogP contribution in [0.3, 0.4) is 0 Å². The number of hydrogen-bond acceptors (Lipinski definition) is 3. The molecule has 7 heteroatoms. The van der Waals surface area contributed by atoms with Crippen molar-refractivity contribution in [2.24, 2.45) is 5.73 Å². The number of anilines is 1. The topological polar surface area (TPSA) is 72.2 Å². The largest absolute Gasteiger partial charge is 0.365 e. The highest BCUT2D eigenvalue weighted by atomic mass is 35.5. The third kappa shape index (κ3) is 2.96. The lowest BCUT2D eigenvalue weighted by atomic mass is 9.95. The minimum Gasteiger partial charge on any atom is -0.365 e. The molecule has 0 fully saturated rings. The molecule has 23 heavy (non-hydrogen) atoms. The molecule has 0 spiro atoms. The number of carbonyl (C=O) groups excluding carboxylic acids is 2. The second kappa shape index (κ2) is 6.29. The second-order valence-electron chi connectivity index (χ2n) is 5.33. The summed E-state index contributed by atoms with van der Waals surface area (Å²) >= 11 is 7.23. The summed E-state index contributed by atoms with van der Waals surface area (Å²) in [6.07, 6.45) is 3.64. The maximum Gasteiger partial charge on any atom is 0.260 e. The number of fused-ring (bicyclic) bond motifs is 1.